The summed E-state index contributed by atoms with van der Waals surface area (Å²) in [5, 5.41) is 13.1. The zero-order chi connectivity index (χ0) is 22.0. The van der Waals surface area contributed by atoms with Gasteiger partial charge in [-0.25, -0.2) is 0 Å². The van der Waals surface area contributed by atoms with Crippen molar-refractivity contribution >= 4 is 44.2 Å². The monoisotopic (exact) mass is 479 g/mol. The van der Waals surface area contributed by atoms with Gasteiger partial charge in [0.05, 0.1) is 11.6 Å². The highest BCUT2D eigenvalue weighted by molar-refractivity contribution is 9.10. The molecule has 0 spiro atoms. The summed E-state index contributed by atoms with van der Waals surface area (Å²) in [7, 11) is 1.60. The Morgan fingerprint density at radius 3 is 2.48 bits per heavy atom. The fraction of sp³-hybridized carbons (Fsp3) is 0.200. The van der Waals surface area contributed by atoms with Gasteiger partial charge in [-0.2, -0.15) is 0 Å². The Balaban J connectivity index is 1.91. The molecular formula is C25H22BrNO4. The summed E-state index contributed by atoms with van der Waals surface area (Å²) in [6, 6.07) is 20.0. The van der Waals surface area contributed by atoms with Gasteiger partial charge < -0.3 is 14.7 Å². The van der Waals surface area contributed by atoms with Crippen molar-refractivity contribution in [3.8, 4) is 0 Å². The molecule has 0 radical (unpaired) electrons. The Morgan fingerprint density at radius 2 is 1.74 bits per heavy atom. The van der Waals surface area contributed by atoms with Gasteiger partial charge in [-0.1, -0.05) is 70.5 Å². The topological polar surface area (TPSA) is 66.8 Å². The molecule has 1 saturated heterocycles. The summed E-state index contributed by atoms with van der Waals surface area (Å²) in [4.78, 5) is 27.7. The lowest BCUT2D eigenvalue weighted by Gasteiger charge is -2.26. The average Bonchev–Trinajstić information content (AvgIpc) is 3.04. The first-order chi connectivity index (χ1) is 15.0. The van der Waals surface area contributed by atoms with Crippen molar-refractivity contribution in [2.24, 2.45) is 0 Å². The molecule has 5 nitrogen and oxygen atoms in total. The number of benzene rings is 3. The van der Waals surface area contributed by atoms with Crippen LogP contribution >= 0.6 is 15.9 Å². The Labute approximate surface area is 189 Å². The number of aliphatic hydroxyl groups excluding tert-OH is 1. The van der Waals surface area contributed by atoms with E-state index in [1.165, 1.54) is 0 Å². The number of hydrogen-bond donors (Lipinski definition) is 1. The number of carbonyl (C=O) groups excluding carboxylic acids is 2. The first kappa shape index (κ1) is 21.3. The number of nitrogens with zero attached hydrogens (tertiary/aromatic N) is 1. The van der Waals surface area contributed by atoms with E-state index in [-0.39, 0.29) is 11.3 Å². The van der Waals surface area contributed by atoms with Crippen LogP contribution in [0, 0.1) is 0 Å². The minimum absolute atomic E-state index is 0.112. The molecule has 3 aromatic rings. The van der Waals surface area contributed by atoms with Crippen LogP contribution in [0.15, 0.2) is 76.8 Å². The number of halogens is 1. The smallest absolute Gasteiger partial charge is 0.295 e. The highest BCUT2D eigenvalue weighted by Gasteiger charge is 2.46. The SMILES string of the molecule is COCCCN1C(=O)C(=O)/C(=C(\O)c2ccc(Br)cc2)C1c1cccc2ccccc12. The summed E-state index contributed by atoms with van der Waals surface area (Å²) in [5.74, 6) is -1.44. The van der Waals surface area contributed by atoms with E-state index in [4.69, 9.17) is 4.74 Å². The van der Waals surface area contributed by atoms with Gasteiger partial charge in [-0.05, 0) is 34.9 Å². The number of aliphatic hydroxyl groups is 1. The predicted octanol–water partition coefficient (Wildman–Crippen LogP) is 5.06. The number of ether oxygens (including phenoxy) is 1. The van der Waals surface area contributed by atoms with Crippen molar-refractivity contribution in [2.75, 3.05) is 20.3 Å². The maximum Gasteiger partial charge on any atom is 0.295 e. The molecule has 1 aliphatic rings. The van der Waals surface area contributed by atoms with Crippen LogP contribution in [0.4, 0.5) is 0 Å². The van der Waals surface area contributed by atoms with Gasteiger partial charge in [0.25, 0.3) is 11.7 Å². The standard InChI is InChI=1S/C25H22BrNO4/c1-31-15-5-14-27-22(20-9-4-7-16-6-2-3-8-19(16)20)21(24(29)25(27)30)23(28)17-10-12-18(26)13-11-17/h2-4,6-13,22,28H,5,14-15H2,1H3/b23-21-. The Bertz CT molecular complexity index is 1160. The van der Waals surface area contributed by atoms with Gasteiger partial charge in [-0.15, -0.1) is 0 Å². The molecule has 1 fully saturated rings. The molecule has 6 heteroatoms. The highest BCUT2D eigenvalue weighted by atomic mass is 79.9. The number of ketones is 1. The molecule has 0 aliphatic carbocycles. The molecule has 1 atom stereocenters. The molecule has 0 aromatic heterocycles. The largest absolute Gasteiger partial charge is 0.507 e. The van der Waals surface area contributed by atoms with Crippen molar-refractivity contribution < 1.29 is 19.4 Å². The first-order valence-electron chi connectivity index (χ1n) is 10.0. The number of carbonyl (C=O) groups is 2. The van der Waals surface area contributed by atoms with Crippen LogP contribution in [0.1, 0.15) is 23.6 Å². The summed E-state index contributed by atoms with van der Waals surface area (Å²) in [6.07, 6.45) is 0.586. The van der Waals surface area contributed by atoms with Gasteiger partial charge in [-0.3, -0.25) is 9.59 Å². The number of fused-ring (bicyclic) bond motifs is 1. The quantitative estimate of drug-likeness (QED) is 0.232. The molecule has 1 amide bonds. The number of Topliss-reactive ketones (excluding diaryl/α,β-unsaturated/α-hetero) is 1. The van der Waals surface area contributed by atoms with Gasteiger partial charge in [0.15, 0.2) is 0 Å². The van der Waals surface area contributed by atoms with Gasteiger partial charge in [0, 0.05) is 30.3 Å². The van der Waals surface area contributed by atoms with Crippen LogP contribution in [0.5, 0.6) is 0 Å². The van der Waals surface area contributed by atoms with Crippen molar-refractivity contribution in [1.29, 1.82) is 0 Å². The lowest BCUT2D eigenvalue weighted by molar-refractivity contribution is -0.140. The second-order valence-corrected chi connectivity index (χ2v) is 8.33. The molecule has 3 aromatic carbocycles. The van der Waals surface area contributed by atoms with E-state index in [0.717, 1.165) is 20.8 Å². The van der Waals surface area contributed by atoms with E-state index < -0.39 is 17.7 Å². The Morgan fingerprint density at radius 1 is 1.03 bits per heavy atom. The third-order valence-electron chi connectivity index (χ3n) is 5.52. The summed E-state index contributed by atoms with van der Waals surface area (Å²) in [6.45, 7) is 0.821. The third kappa shape index (κ3) is 4.01. The van der Waals surface area contributed by atoms with E-state index in [0.29, 0.717) is 25.1 Å². The fourth-order valence-electron chi connectivity index (χ4n) is 4.07. The van der Waals surface area contributed by atoms with E-state index >= 15 is 0 Å². The lowest BCUT2D eigenvalue weighted by Crippen LogP contribution is -2.31. The molecule has 0 saturated carbocycles. The molecule has 1 N–H and O–H groups in total. The third-order valence-corrected chi connectivity index (χ3v) is 6.05. The molecule has 4 rings (SSSR count). The van der Waals surface area contributed by atoms with Crippen molar-refractivity contribution in [1.82, 2.24) is 4.90 Å². The second kappa shape index (κ2) is 9.04. The zero-order valence-electron chi connectivity index (χ0n) is 17.0. The number of rotatable bonds is 6. The van der Waals surface area contributed by atoms with E-state index in [1.54, 1.807) is 36.3 Å². The lowest BCUT2D eigenvalue weighted by atomic mass is 9.91. The van der Waals surface area contributed by atoms with Crippen LogP contribution in [-0.2, 0) is 14.3 Å². The normalized spacial score (nSPS) is 18.1. The maximum absolute atomic E-state index is 13.1. The van der Waals surface area contributed by atoms with Crippen molar-refractivity contribution in [3.05, 3.63) is 87.9 Å². The maximum atomic E-state index is 13.1. The van der Waals surface area contributed by atoms with Gasteiger partial charge in [0.2, 0.25) is 0 Å². The average molecular weight is 480 g/mol. The van der Waals surface area contributed by atoms with Gasteiger partial charge >= 0.3 is 0 Å². The molecule has 0 bridgehead atoms. The van der Waals surface area contributed by atoms with Crippen LogP contribution in [-0.4, -0.2) is 42.0 Å². The van der Waals surface area contributed by atoms with Gasteiger partial charge in [0.1, 0.15) is 5.76 Å². The number of likely N-dealkylation sites (tertiary alicyclic amines) is 1. The second-order valence-electron chi connectivity index (χ2n) is 7.41. The Kier molecular flexibility index (Phi) is 6.20. The fourth-order valence-corrected chi connectivity index (χ4v) is 4.33. The molecular weight excluding hydrogens is 458 g/mol. The summed E-state index contributed by atoms with van der Waals surface area (Å²) < 4.78 is 6.00. The van der Waals surface area contributed by atoms with E-state index in [1.807, 2.05) is 42.5 Å². The number of hydrogen-bond acceptors (Lipinski definition) is 4. The van der Waals surface area contributed by atoms with Crippen LogP contribution in [0.25, 0.3) is 16.5 Å². The molecule has 31 heavy (non-hydrogen) atoms. The number of methoxy groups -OCH3 is 1. The summed E-state index contributed by atoms with van der Waals surface area (Å²) in [5.41, 5.74) is 1.41. The van der Waals surface area contributed by atoms with E-state index in [2.05, 4.69) is 15.9 Å². The molecule has 1 unspecified atom stereocenters. The van der Waals surface area contributed by atoms with Crippen LogP contribution in [0.2, 0.25) is 0 Å². The number of amides is 1. The van der Waals surface area contributed by atoms with Crippen LogP contribution in [0.3, 0.4) is 0 Å². The van der Waals surface area contributed by atoms with Crippen molar-refractivity contribution in [2.45, 2.75) is 12.5 Å². The van der Waals surface area contributed by atoms with E-state index in [9.17, 15) is 14.7 Å². The predicted molar refractivity (Wildman–Crippen MR) is 124 cm³/mol. The van der Waals surface area contributed by atoms with Crippen LogP contribution < -0.4 is 0 Å². The molecule has 1 aliphatic heterocycles. The summed E-state index contributed by atoms with van der Waals surface area (Å²) >= 11 is 3.38. The molecule has 158 valence electrons. The minimum Gasteiger partial charge on any atom is -0.507 e. The Hall–Kier alpha value is -2.96. The minimum atomic E-state index is -0.674. The highest BCUT2D eigenvalue weighted by Crippen LogP contribution is 2.41. The van der Waals surface area contributed by atoms with Crippen molar-refractivity contribution in [3.63, 3.8) is 0 Å². The first-order valence-corrected chi connectivity index (χ1v) is 10.8. The molecule has 1 heterocycles. The zero-order valence-corrected chi connectivity index (χ0v) is 18.6.